The molecule has 1 nitrogen and oxygen atoms in total. The number of halogens is 3. The van der Waals surface area contributed by atoms with Gasteiger partial charge in [0.1, 0.15) is 0 Å². The molecule has 0 spiro atoms. The van der Waals surface area contributed by atoms with Gasteiger partial charge in [-0.05, 0) is 50.6 Å². The van der Waals surface area contributed by atoms with Crippen LogP contribution in [0, 0.1) is 13.8 Å². The van der Waals surface area contributed by atoms with Crippen molar-refractivity contribution in [2.24, 2.45) is 0 Å². The summed E-state index contributed by atoms with van der Waals surface area (Å²) in [6.07, 6.45) is 7.45. The first-order chi connectivity index (χ1) is 12.1. The molecule has 0 fully saturated rings. The van der Waals surface area contributed by atoms with Crippen molar-refractivity contribution in [1.29, 1.82) is 0 Å². The van der Waals surface area contributed by atoms with Crippen LogP contribution in [0.1, 0.15) is 11.1 Å². The van der Waals surface area contributed by atoms with Crippen LogP contribution in [-0.2, 0) is 23.8 Å². The van der Waals surface area contributed by atoms with Gasteiger partial charge in [0.2, 0.25) is 0 Å². The normalized spacial score (nSPS) is 9.69. The van der Waals surface area contributed by atoms with E-state index in [9.17, 15) is 4.21 Å². The van der Waals surface area contributed by atoms with E-state index in [1.54, 1.807) is 36.0 Å². The van der Waals surface area contributed by atoms with Crippen LogP contribution < -0.4 is 0 Å². The molecule has 8 heteroatoms. The fraction of sp³-hybridized carbons (Fsp3) is 0.333. The van der Waals surface area contributed by atoms with Crippen molar-refractivity contribution in [3.8, 4) is 0 Å². The Hall–Kier alpha value is 0.783. The number of aryl methyl sites for hydroxylation is 2. The number of hydrogen-bond acceptors (Lipinski definition) is 3. The second kappa shape index (κ2) is 19.1. The monoisotopic (exact) mass is 562 g/mol. The summed E-state index contributed by atoms with van der Waals surface area (Å²) in [5.74, 6) is 0. The molecule has 0 atom stereocenters. The zero-order chi connectivity index (χ0) is 20.5. The van der Waals surface area contributed by atoms with Crippen molar-refractivity contribution < 1.29 is 17.2 Å². The Balaban J connectivity index is 0. The van der Waals surface area contributed by atoms with Crippen molar-refractivity contribution in [3.05, 3.63) is 59.7 Å². The van der Waals surface area contributed by atoms with E-state index >= 15 is 0 Å². The first-order valence-electron chi connectivity index (χ1n) is 7.23. The van der Waals surface area contributed by atoms with Gasteiger partial charge in [-0.25, -0.2) is 0 Å². The van der Waals surface area contributed by atoms with E-state index in [1.165, 1.54) is 20.9 Å². The predicted molar refractivity (Wildman–Crippen MR) is 123 cm³/mol. The molecular weight excluding hydrogens is 538 g/mol. The minimum absolute atomic E-state index is 0.611. The second-order valence-electron chi connectivity index (χ2n) is 4.92. The molecule has 2 rings (SSSR count). The van der Waals surface area contributed by atoms with Crippen LogP contribution in [0.3, 0.4) is 0 Å². The summed E-state index contributed by atoms with van der Waals surface area (Å²) in [6, 6.07) is 17.1. The van der Waals surface area contributed by atoms with Gasteiger partial charge in [0.15, 0.2) is 0 Å². The first kappa shape index (κ1) is 29.0. The summed E-state index contributed by atoms with van der Waals surface area (Å²) >= 11 is 1.90. The molecule has 0 saturated carbocycles. The van der Waals surface area contributed by atoms with Gasteiger partial charge >= 0.3 is 42.1 Å². The summed E-state index contributed by atoms with van der Waals surface area (Å²) in [7, 11) is 14.2. The molecule has 2 aromatic rings. The van der Waals surface area contributed by atoms with Crippen LogP contribution in [0.25, 0.3) is 0 Å². The quantitative estimate of drug-likeness (QED) is 0.278. The van der Waals surface area contributed by atoms with Gasteiger partial charge in [0, 0.05) is 33.1 Å². The molecule has 0 aliphatic rings. The maximum atomic E-state index is 9.56. The maximum absolute atomic E-state index is 9.56. The Morgan fingerprint density at radius 3 is 1.08 bits per heavy atom. The topological polar surface area (TPSA) is 17.1 Å². The average molecular weight is 564 g/mol. The molecule has 0 bridgehead atoms. The summed E-state index contributed by atoms with van der Waals surface area (Å²) < 4.78 is 9.56. The number of rotatable bonds is 2. The van der Waals surface area contributed by atoms with E-state index in [2.05, 4.69) is 74.9 Å². The average Bonchev–Trinajstić information content (AvgIpc) is 2.56. The zero-order valence-electron chi connectivity index (χ0n) is 15.7. The van der Waals surface area contributed by atoms with Gasteiger partial charge in [-0.3, -0.25) is 4.21 Å². The number of hydrogen-bond donors (Lipinski definition) is 0. The first-order valence-corrected chi connectivity index (χ1v) is 18.0. The van der Waals surface area contributed by atoms with Crippen LogP contribution in [0.2, 0.25) is 0 Å². The van der Waals surface area contributed by atoms with Crippen molar-refractivity contribution in [2.45, 2.75) is 23.6 Å². The SMILES string of the molecule is CS(C)=O.CSc1ccc(C)cc1.CSc1ccc(C)cc1.[Cl][Rh]([Cl])[Cl]. The third-order valence-electron chi connectivity index (χ3n) is 2.51. The summed E-state index contributed by atoms with van der Waals surface area (Å²) in [4.78, 5) is 2.67. The van der Waals surface area contributed by atoms with Gasteiger partial charge in [-0.2, -0.15) is 0 Å². The fourth-order valence-corrected chi connectivity index (χ4v) is 2.17. The van der Waals surface area contributed by atoms with Gasteiger partial charge in [-0.15, -0.1) is 23.5 Å². The van der Waals surface area contributed by atoms with E-state index in [-0.39, 0.29) is 0 Å². The van der Waals surface area contributed by atoms with Crippen LogP contribution >= 0.6 is 52.6 Å². The van der Waals surface area contributed by atoms with Crippen LogP contribution in [0.5, 0.6) is 0 Å². The Morgan fingerprint density at radius 1 is 0.731 bits per heavy atom. The summed E-state index contributed by atoms with van der Waals surface area (Å²) in [6.45, 7) is 4.20. The molecule has 0 amide bonds. The molecule has 0 heterocycles. The Morgan fingerprint density at radius 2 is 0.923 bits per heavy atom. The van der Waals surface area contributed by atoms with Crippen LogP contribution in [0.15, 0.2) is 58.3 Å². The molecule has 0 saturated heterocycles. The van der Waals surface area contributed by atoms with Gasteiger partial charge in [0.05, 0.1) is 0 Å². The zero-order valence-corrected chi connectivity index (χ0v) is 22.1. The standard InChI is InChI=1S/2C8H10S.C2H6OS.3ClH.Rh/c2*1-7-3-5-8(9-2)6-4-7;1-4(2)3;;;;/h2*3-6H,1-2H3;1-2H3;3*1H;/q;;;;;;+3/p-3. The Kier molecular flexibility index (Phi) is 21.3. The van der Waals surface area contributed by atoms with Crippen LogP contribution in [0.4, 0.5) is 0 Å². The number of benzene rings is 2. The summed E-state index contributed by atoms with van der Waals surface area (Å²) in [5.41, 5.74) is 2.65. The molecule has 0 aliphatic heterocycles. The van der Waals surface area contributed by atoms with Crippen molar-refractivity contribution >= 4 is 63.4 Å². The minimum atomic E-state index is -1.66. The Labute approximate surface area is 187 Å². The molecule has 0 unspecified atom stereocenters. The third kappa shape index (κ3) is 22.8. The van der Waals surface area contributed by atoms with E-state index in [0.717, 1.165) is 0 Å². The van der Waals surface area contributed by atoms with E-state index < -0.39 is 23.8 Å². The Bertz CT molecular complexity index is 541. The van der Waals surface area contributed by atoms with Crippen molar-refractivity contribution in [2.75, 3.05) is 25.0 Å². The molecule has 2 aromatic carbocycles. The third-order valence-corrected chi connectivity index (χ3v) is 4.00. The fourth-order valence-electron chi connectivity index (χ4n) is 1.35. The molecular formula is C18H26Cl3ORhS3. The van der Waals surface area contributed by atoms with E-state index in [0.29, 0.717) is 0 Å². The summed E-state index contributed by atoms with van der Waals surface area (Å²) in [5, 5.41) is 0. The molecule has 26 heavy (non-hydrogen) atoms. The molecule has 152 valence electrons. The van der Waals surface area contributed by atoms with Gasteiger partial charge in [0.25, 0.3) is 0 Å². The predicted octanol–water partition coefficient (Wildman–Crippen LogP) is 7.49. The molecule has 0 aromatic heterocycles. The van der Waals surface area contributed by atoms with E-state index in [1.807, 2.05) is 0 Å². The van der Waals surface area contributed by atoms with Gasteiger partial charge < -0.3 is 0 Å². The van der Waals surface area contributed by atoms with E-state index in [4.69, 9.17) is 29.1 Å². The van der Waals surface area contributed by atoms with Crippen LogP contribution in [-0.4, -0.2) is 29.2 Å². The second-order valence-corrected chi connectivity index (χ2v) is 15.6. The molecule has 0 radical (unpaired) electrons. The molecule has 0 aliphatic carbocycles. The molecule has 0 N–H and O–H groups in total. The number of thioether (sulfide) groups is 2. The van der Waals surface area contributed by atoms with Gasteiger partial charge in [-0.1, -0.05) is 35.4 Å². The van der Waals surface area contributed by atoms with Crippen molar-refractivity contribution in [3.63, 3.8) is 0 Å². The van der Waals surface area contributed by atoms with Crippen molar-refractivity contribution in [1.82, 2.24) is 0 Å².